The molecule has 1 aromatic rings. The second kappa shape index (κ2) is 5.00. The lowest BCUT2D eigenvalue weighted by molar-refractivity contribution is 0.0595. The normalized spacial score (nSPS) is 11.9. The zero-order chi connectivity index (χ0) is 14.1. The summed E-state index contributed by atoms with van der Waals surface area (Å²) in [4.78, 5) is 15.7. The minimum Gasteiger partial charge on any atom is -0.464 e. The van der Waals surface area contributed by atoms with Gasteiger partial charge in [0.2, 0.25) is 0 Å². The molecule has 0 saturated heterocycles. The van der Waals surface area contributed by atoms with Crippen molar-refractivity contribution in [2.75, 3.05) is 12.8 Å². The van der Waals surface area contributed by atoms with Crippen LogP contribution in [0.3, 0.4) is 0 Å². The molecule has 0 spiro atoms. The van der Waals surface area contributed by atoms with Crippen LogP contribution in [0.15, 0.2) is 0 Å². The summed E-state index contributed by atoms with van der Waals surface area (Å²) < 4.78 is 6.55. The first-order chi connectivity index (χ1) is 8.20. The highest BCUT2D eigenvalue weighted by molar-refractivity contribution is 5.92. The van der Waals surface area contributed by atoms with Crippen molar-refractivity contribution >= 4 is 11.8 Å². The van der Waals surface area contributed by atoms with E-state index in [4.69, 9.17) is 5.73 Å². The van der Waals surface area contributed by atoms with E-state index in [2.05, 4.69) is 37.4 Å². The molecule has 18 heavy (non-hydrogen) atoms. The van der Waals surface area contributed by atoms with Gasteiger partial charge < -0.3 is 15.0 Å². The number of aryl methyl sites for hydroxylation is 1. The van der Waals surface area contributed by atoms with Crippen molar-refractivity contribution in [3.8, 4) is 0 Å². The molecule has 0 aromatic carbocycles. The Hall–Kier alpha value is -1.52. The van der Waals surface area contributed by atoms with Crippen LogP contribution >= 0.6 is 0 Å². The van der Waals surface area contributed by atoms with Crippen LogP contribution in [0.4, 0.5) is 5.82 Å². The lowest BCUT2D eigenvalue weighted by Gasteiger charge is -2.30. The molecule has 1 aromatic heterocycles. The van der Waals surface area contributed by atoms with Gasteiger partial charge in [-0.1, -0.05) is 27.7 Å². The number of nitrogen functional groups attached to an aromatic ring is 1. The number of esters is 1. The van der Waals surface area contributed by atoms with E-state index in [1.807, 2.05) is 11.5 Å². The lowest BCUT2D eigenvalue weighted by atomic mass is 9.81. The van der Waals surface area contributed by atoms with Gasteiger partial charge in [-0.05, 0) is 18.3 Å². The summed E-state index contributed by atoms with van der Waals surface area (Å²) in [5.41, 5.74) is 6.27. The Labute approximate surface area is 108 Å². The number of methoxy groups -OCH3 is 1. The van der Waals surface area contributed by atoms with E-state index in [9.17, 15) is 4.79 Å². The maximum absolute atomic E-state index is 11.5. The number of aromatic nitrogens is 2. The van der Waals surface area contributed by atoms with Crippen LogP contribution in [0.5, 0.6) is 0 Å². The third kappa shape index (κ3) is 2.66. The molecule has 2 N–H and O–H groups in total. The highest BCUT2D eigenvalue weighted by Gasteiger charge is 2.27. The summed E-state index contributed by atoms with van der Waals surface area (Å²) in [5.74, 6) is 1.13. The average molecular weight is 253 g/mol. The number of imidazole rings is 1. The van der Waals surface area contributed by atoms with E-state index in [0.717, 1.165) is 12.4 Å². The third-order valence-corrected chi connectivity index (χ3v) is 3.70. The van der Waals surface area contributed by atoms with Crippen molar-refractivity contribution in [3.05, 3.63) is 11.5 Å². The molecule has 5 nitrogen and oxygen atoms in total. The first-order valence-electron chi connectivity index (χ1n) is 6.11. The molecule has 102 valence electrons. The quantitative estimate of drug-likeness (QED) is 0.835. The molecular weight excluding hydrogens is 230 g/mol. The van der Waals surface area contributed by atoms with Crippen LogP contribution in [0.25, 0.3) is 0 Å². The van der Waals surface area contributed by atoms with E-state index >= 15 is 0 Å². The average Bonchev–Trinajstić information content (AvgIpc) is 2.55. The smallest absolute Gasteiger partial charge is 0.360 e. The Bertz CT molecular complexity index is 447. The van der Waals surface area contributed by atoms with Gasteiger partial charge in [0, 0.05) is 6.54 Å². The van der Waals surface area contributed by atoms with Crippen LogP contribution in [0.2, 0.25) is 0 Å². The Morgan fingerprint density at radius 2 is 2.06 bits per heavy atom. The second-order valence-corrected chi connectivity index (χ2v) is 5.61. The molecule has 0 amide bonds. The van der Waals surface area contributed by atoms with Gasteiger partial charge in [0.05, 0.1) is 7.11 Å². The van der Waals surface area contributed by atoms with Gasteiger partial charge in [0.25, 0.3) is 0 Å². The van der Waals surface area contributed by atoms with Crippen LogP contribution in [-0.4, -0.2) is 22.6 Å². The largest absolute Gasteiger partial charge is 0.464 e. The van der Waals surface area contributed by atoms with E-state index in [1.165, 1.54) is 7.11 Å². The Kier molecular flexibility index (Phi) is 4.04. The summed E-state index contributed by atoms with van der Waals surface area (Å²) in [7, 11) is 1.33. The first kappa shape index (κ1) is 14.5. The summed E-state index contributed by atoms with van der Waals surface area (Å²) in [6.45, 7) is 11.3. The fourth-order valence-electron chi connectivity index (χ4n) is 1.62. The Morgan fingerprint density at radius 3 is 2.50 bits per heavy atom. The SMILES string of the molecule is COC(=O)c1nc(C)n(CC(C)(C)C(C)C)c1N. The van der Waals surface area contributed by atoms with Gasteiger partial charge >= 0.3 is 5.97 Å². The van der Waals surface area contributed by atoms with E-state index < -0.39 is 5.97 Å². The van der Waals surface area contributed by atoms with Crippen molar-refractivity contribution in [2.24, 2.45) is 11.3 Å². The predicted octanol–water partition coefficient (Wildman–Crippen LogP) is 2.24. The summed E-state index contributed by atoms with van der Waals surface area (Å²) in [5, 5.41) is 0. The number of nitrogens with zero attached hydrogens (tertiary/aromatic N) is 2. The molecule has 0 aliphatic rings. The maximum atomic E-state index is 11.5. The zero-order valence-electron chi connectivity index (χ0n) is 12.1. The van der Waals surface area contributed by atoms with Crippen molar-refractivity contribution in [3.63, 3.8) is 0 Å². The fraction of sp³-hybridized carbons (Fsp3) is 0.692. The highest BCUT2D eigenvalue weighted by atomic mass is 16.5. The number of hydrogen-bond acceptors (Lipinski definition) is 4. The molecule has 0 saturated carbocycles. The molecule has 0 bridgehead atoms. The van der Waals surface area contributed by atoms with Gasteiger partial charge in [0.1, 0.15) is 11.6 Å². The number of anilines is 1. The summed E-state index contributed by atoms with van der Waals surface area (Å²) >= 11 is 0. The van der Waals surface area contributed by atoms with Crippen LogP contribution in [-0.2, 0) is 11.3 Å². The zero-order valence-corrected chi connectivity index (χ0v) is 12.1. The molecule has 0 aliphatic carbocycles. The fourth-order valence-corrected chi connectivity index (χ4v) is 1.62. The number of carbonyl (C=O) groups excluding carboxylic acids is 1. The van der Waals surface area contributed by atoms with Gasteiger partial charge in [-0.25, -0.2) is 9.78 Å². The third-order valence-electron chi connectivity index (χ3n) is 3.70. The molecule has 1 rings (SSSR count). The molecular formula is C13H23N3O2. The van der Waals surface area contributed by atoms with E-state index in [1.54, 1.807) is 0 Å². The topological polar surface area (TPSA) is 70.1 Å². The molecule has 0 unspecified atom stereocenters. The van der Waals surface area contributed by atoms with Crippen LogP contribution < -0.4 is 5.73 Å². The van der Waals surface area contributed by atoms with Gasteiger partial charge in [0.15, 0.2) is 5.69 Å². The highest BCUT2D eigenvalue weighted by Crippen LogP contribution is 2.30. The Morgan fingerprint density at radius 1 is 1.50 bits per heavy atom. The standard InChI is InChI=1S/C13H23N3O2/c1-8(2)13(4,5)7-16-9(3)15-10(11(16)14)12(17)18-6/h8H,7,14H2,1-6H3. The summed E-state index contributed by atoms with van der Waals surface area (Å²) in [6, 6.07) is 0. The predicted molar refractivity (Wildman–Crippen MR) is 71.3 cm³/mol. The van der Waals surface area contributed by atoms with Crippen LogP contribution in [0.1, 0.15) is 44.0 Å². The summed E-state index contributed by atoms with van der Waals surface area (Å²) in [6.07, 6.45) is 0. The van der Waals surface area contributed by atoms with Crippen molar-refractivity contribution in [1.29, 1.82) is 0 Å². The monoisotopic (exact) mass is 253 g/mol. The number of carbonyl (C=O) groups is 1. The maximum Gasteiger partial charge on any atom is 0.360 e. The lowest BCUT2D eigenvalue weighted by Crippen LogP contribution is -2.27. The van der Waals surface area contributed by atoms with Gasteiger partial charge in [-0.2, -0.15) is 0 Å². The molecule has 0 radical (unpaired) electrons. The number of rotatable bonds is 4. The minimum absolute atomic E-state index is 0.0764. The molecule has 5 heteroatoms. The molecule has 0 atom stereocenters. The van der Waals surface area contributed by atoms with Gasteiger partial charge in [-0.15, -0.1) is 0 Å². The van der Waals surface area contributed by atoms with E-state index in [0.29, 0.717) is 11.7 Å². The first-order valence-corrected chi connectivity index (χ1v) is 6.11. The molecule has 1 heterocycles. The van der Waals surface area contributed by atoms with Crippen molar-refractivity contribution < 1.29 is 9.53 Å². The van der Waals surface area contributed by atoms with Gasteiger partial charge in [-0.3, -0.25) is 0 Å². The number of hydrogen-bond donors (Lipinski definition) is 1. The second-order valence-electron chi connectivity index (χ2n) is 5.61. The molecule has 0 fully saturated rings. The number of ether oxygens (including phenoxy) is 1. The van der Waals surface area contributed by atoms with Crippen LogP contribution in [0, 0.1) is 18.3 Å². The number of nitrogens with two attached hydrogens (primary N) is 1. The van der Waals surface area contributed by atoms with E-state index in [-0.39, 0.29) is 11.1 Å². The molecule has 0 aliphatic heterocycles. The minimum atomic E-state index is -0.489. The Balaban J connectivity index is 3.12. The van der Waals surface area contributed by atoms with Crippen molar-refractivity contribution in [1.82, 2.24) is 9.55 Å². The van der Waals surface area contributed by atoms with Crippen molar-refractivity contribution in [2.45, 2.75) is 41.2 Å².